The third-order valence-electron chi connectivity index (χ3n) is 5.83. The number of nitrogens with zero attached hydrogens (tertiary/aromatic N) is 2. The maximum atomic E-state index is 14.0. The number of halogens is 4. The van der Waals surface area contributed by atoms with Gasteiger partial charge in [0.25, 0.3) is 0 Å². The van der Waals surface area contributed by atoms with Crippen LogP contribution in [-0.2, 0) is 4.79 Å². The molecule has 37 heavy (non-hydrogen) atoms. The molecule has 0 amide bonds. The Morgan fingerprint density at radius 3 is 2.65 bits per heavy atom. The number of aromatic carboxylic acids is 1. The molecule has 0 radical (unpaired) electrons. The van der Waals surface area contributed by atoms with Crippen LogP contribution in [-0.4, -0.2) is 59.1 Å². The third-order valence-corrected chi connectivity index (χ3v) is 8.05. The van der Waals surface area contributed by atoms with Gasteiger partial charge in [-0.1, -0.05) is 18.2 Å². The molecule has 0 aliphatic carbocycles. The van der Waals surface area contributed by atoms with Gasteiger partial charge in [0.1, 0.15) is 5.82 Å². The van der Waals surface area contributed by atoms with Crippen molar-refractivity contribution >= 4 is 50.7 Å². The molecule has 3 heterocycles. The number of benzene rings is 1. The van der Waals surface area contributed by atoms with E-state index in [0.29, 0.717) is 28.5 Å². The van der Waals surface area contributed by atoms with Crippen LogP contribution in [0.3, 0.4) is 0 Å². The summed E-state index contributed by atoms with van der Waals surface area (Å²) in [5.74, 6) is -3.83. The maximum Gasteiger partial charge on any atom is 0.395 e. The van der Waals surface area contributed by atoms with Crippen molar-refractivity contribution in [2.24, 2.45) is 5.92 Å². The fourth-order valence-corrected chi connectivity index (χ4v) is 6.04. The van der Waals surface area contributed by atoms with Gasteiger partial charge >= 0.3 is 18.1 Å². The van der Waals surface area contributed by atoms with Gasteiger partial charge in [-0.3, -0.25) is 0 Å². The van der Waals surface area contributed by atoms with Gasteiger partial charge in [-0.05, 0) is 52.2 Å². The first-order valence-corrected chi connectivity index (χ1v) is 12.7. The predicted octanol–water partition coefficient (Wildman–Crippen LogP) is 5.60. The Bertz CT molecular complexity index is 1290. The minimum Gasteiger partial charge on any atom is -0.479 e. The topological polar surface area (TPSA) is 112 Å². The fourth-order valence-electron chi connectivity index (χ4n) is 4.15. The van der Waals surface area contributed by atoms with E-state index in [1.54, 1.807) is 53.6 Å². The lowest BCUT2D eigenvalue weighted by molar-refractivity contribution is -0.178. The SMILES string of the molecule is O=C(O)COc1c(C(=O)O)sc(-c2cccc(NC3CCN(c4ccccn4)CC3C(F)(F)F)c2)c1Br. The zero-order chi connectivity index (χ0) is 26.7. The number of hydrogen-bond acceptors (Lipinski definition) is 7. The zero-order valence-corrected chi connectivity index (χ0v) is 21.4. The number of piperidine rings is 1. The van der Waals surface area contributed by atoms with E-state index in [-0.39, 0.29) is 28.1 Å². The van der Waals surface area contributed by atoms with Gasteiger partial charge in [-0.15, -0.1) is 11.3 Å². The molecular weight excluding hydrogens is 579 g/mol. The molecule has 1 aliphatic rings. The van der Waals surface area contributed by atoms with Crippen LogP contribution in [0.5, 0.6) is 5.75 Å². The molecule has 4 rings (SSSR count). The van der Waals surface area contributed by atoms with Gasteiger partial charge in [0.2, 0.25) is 0 Å². The molecule has 2 aromatic heterocycles. The summed E-state index contributed by atoms with van der Waals surface area (Å²) in [5.41, 5.74) is 0.970. The van der Waals surface area contributed by atoms with Gasteiger partial charge in [0.05, 0.1) is 15.3 Å². The van der Waals surface area contributed by atoms with Crippen molar-refractivity contribution in [2.45, 2.75) is 18.6 Å². The number of alkyl halides is 3. The average molecular weight is 600 g/mol. The molecule has 2 atom stereocenters. The summed E-state index contributed by atoms with van der Waals surface area (Å²) >= 11 is 4.16. The summed E-state index contributed by atoms with van der Waals surface area (Å²) in [6, 6.07) is 10.8. The van der Waals surface area contributed by atoms with Crippen LogP contribution < -0.4 is 15.0 Å². The van der Waals surface area contributed by atoms with Crippen LogP contribution in [0.25, 0.3) is 10.4 Å². The van der Waals surface area contributed by atoms with Crippen LogP contribution in [0.4, 0.5) is 24.7 Å². The van der Waals surface area contributed by atoms with Crippen molar-refractivity contribution in [1.82, 2.24) is 4.98 Å². The highest BCUT2D eigenvalue weighted by molar-refractivity contribution is 9.10. The Hall–Kier alpha value is -3.32. The van der Waals surface area contributed by atoms with Crippen molar-refractivity contribution in [3.8, 4) is 16.2 Å². The Morgan fingerprint density at radius 2 is 2.00 bits per heavy atom. The highest BCUT2D eigenvalue weighted by Crippen LogP contribution is 2.46. The number of thiophene rings is 1. The number of carbonyl (C=O) groups is 2. The monoisotopic (exact) mass is 599 g/mol. The second-order valence-electron chi connectivity index (χ2n) is 8.29. The van der Waals surface area contributed by atoms with E-state index in [2.05, 4.69) is 26.2 Å². The van der Waals surface area contributed by atoms with Crippen molar-refractivity contribution < 1.29 is 37.7 Å². The van der Waals surface area contributed by atoms with Gasteiger partial charge in [0, 0.05) is 31.0 Å². The highest BCUT2D eigenvalue weighted by atomic mass is 79.9. The largest absolute Gasteiger partial charge is 0.479 e. The van der Waals surface area contributed by atoms with E-state index in [1.165, 1.54) is 0 Å². The summed E-state index contributed by atoms with van der Waals surface area (Å²) < 4.78 is 47.5. The van der Waals surface area contributed by atoms with Crippen molar-refractivity contribution in [2.75, 3.05) is 29.9 Å². The quantitative estimate of drug-likeness (QED) is 0.306. The Morgan fingerprint density at radius 1 is 1.22 bits per heavy atom. The first-order valence-electron chi connectivity index (χ1n) is 11.0. The zero-order valence-electron chi connectivity index (χ0n) is 19.0. The minimum absolute atomic E-state index is 0.118. The van der Waals surface area contributed by atoms with Crippen LogP contribution in [0.15, 0.2) is 53.1 Å². The number of nitrogens with one attached hydrogen (secondary N) is 1. The predicted molar refractivity (Wildman–Crippen MR) is 136 cm³/mol. The number of carboxylic acids is 2. The molecule has 0 bridgehead atoms. The molecule has 13 heteroatoms. The molecule has 0 saturated carbocycles. The van der Waals surface area contributed by atoms with Crippen LogP contribution in [0.2, 0.25) is 0 Å². The Balaban J connectivity index is 1.58. The lowest BCUT2D eigenvalue weighted by Crippen LogP contribution is -2.52. The maximum absolute atomic E-state index is 14.0. The van der Waals surface area contributed by atoms with Gasteiger partial charge < -0.3 is 25.2 Å². The first kappa shape index (κ1) is 26.7. The number of carboxylic acid groups (broad SMARTS) is 2. The molecule has 2 unspecified atom stereocenters. The van der Waals surface area contributed by atoms with Gasteiger partial charge in [-0.25, -0.2) is 14.6 Å². The highest BCUT2D eigenvalue weighted by Gasteiger charge is 2.47. The summed E-state index contributed by atoms with van der Waals surface area (Å²) in [7, 11) is 0. The molecule has 3 N–H and O–H groups in total. The number of aliphatic carboxylic acids is 1. The molecule has 1 aliphatic heterocycles. The smallest absolute Gasteiger partial charge is 0.395 e. The minimum atomic E-state index is -4.44. The summed E-state index contributed by atoms with van der Waals surface area (Å²) in [6.45, 7) is -0.572. The van der Waals surface area contributed by atoms with Gasteiger partial charge in [-0.2, -0.15) is 13.2 Å². The molecule has 3 aromatic rings. The molecule has 1 aromatic carbocycles. The van der Waals surface area contributed by atoms with Crippen molar-refractivity contribution in [1.29, 1.82) is 0 Å². The van der Waals surface area contributed by atoms with Crippen molar-refractivity contribution in [3.63, 3.8) is 0 Å². The molecular formula is C24H21BrF3N3O5S. The van der Waals surface area contributed by atoms with E-state index < -0.39 is 36.7 Å². The molecule has 1 saturated heterocycles. The Labute approximate surface area is 221 Å². The molecule has 0 spiro atoms. The second kappa shape index (κ2) is 11.0. The third kappa shape index (κ3) is 6.16. The molecule has 196 valence electrons. The average Bonchev–Trinajstić information content (AvgIpc) is 3.19. The van der Waals surface area contributed by atoms with Crippen LogP contribution in [0, 0.1) is 5.92 Å². The van der Waals surface area contributed by atoms with Crippen LogP contribution >= 0.6 is 27.3 Å². The van der Waals surface area contributed by atoms with Crippen LogP contribution in [0.1, 0.15) is 16.1 Å². The number of hydrogen-bond donors (Lipinski definition) is 3. The second-order valence-corrected chi connectivity index (χ2v) is 10.1. The summed E-state index contributed by atoms with van der Waals surface area (Å²) in [5, 5.41) is 21.4. The van der Waals surface area contributed by atoms with E-state index in [1.807, 2.05) is 0 Å². The number of aromatic nitrogens is 1. The van der Waals surface area contributed by atoms with E-state index in [4.69, 9.17) is 9.84 Å². The fraction of sp³-hybridized carbons (Fsp3) is 0.292. The normalized spacial score (nSPS) is 17.9. The van der Waals surface area contributed by atoms with Crippen molar-refractivity contribution in [3.05, 3.63) is 58.0 Å². The summed E-state index contributed by atoms with van der Waals surface area (Å²) in [4.78, 5) is 28.6. The number of anilines is 2. The van der Waals surface area contributed by atoms with E-state index in [0.717, 1.165) is 11.3 Å². The standard InChI is InChI=1S/C24H21BrF3N3O5S/c25-19-20(36-12-18(32)33)22(23(34)35)37-21(19)13-4-3-5-14(10-13)30-16-7-9-31(11-15(16)24(26,27)28)17-6-1-2-8-29-17/h1-6,8,10,15-16,30H,7,9,11-12H2,(H,32,33)(H,34,35). The summed E-state index contributed by atoms with van der Waals surface area (Å²) in [6.07, 6.45) is -2.67. The molecule has 8 nitrogen and oxygen atoms in total. The number of rotatable bonds is 8. The lowest BCUT2D eigenvalue weighted by atomic mass is 9.91. The number of pyridine rings is 1. The Kier molecular flexibility index (Phi) is 7.93. The molecule has 1 fully saturated rings. The lowest BCUT2D eigenvalue weighted by Gasteiger charge is -2.40. The van der Waals surface area contributed by atoms with E-state index >= 15 is 0 Å². The first-order chi connectivity index (χ1) is 17.5. The van der Waals surface area contributed by atoms with Gasteiger partial charge in [0.15, 0.2) is 17.2 Å². The van der Waals surface area contributed by atoms with E-state index in [9.17, 15) is 27.9 Å². The number of ether oxygens (including phenoxy) is 1.